The van der Waals surface area contributed by atoms with Gasteiger partial charge in [-0.2, -0.15) is 0 Å². The van der Waals surface area contributed by atoms with Crippen LogP contribution in [0.2, 0.25) is 0 Å². The van der Waals surface area contributed by atoms with Crippen LogP contribution in [-0.2, 0) is 20.8 Å². The van der Waals surface area contributed by atoms with E-state index in [0.717, 1.165) is 0 Å². The van der Waals surface area contributed by atoms with Crippen LogP contribution < -0.4 is 4.74 Å². The molecule has 5 atom stereocenters. The lowest BCUT2D eigenvalue weighted by molar-refractivity contribution is -0.276. The Bertz CT molecular complexity index is 1200. The van der Waals surface area contributed by atoms with Crippen LogP contribution in [0, 0.1) is 0 Å². The molecule has 3 aromatic carbocycles. The van der Waals surface area contributed by atoms with E-state index in [9.17, 15) is 30.0 Å². The number of ether oxygens (including phenoxy) is 4. The van der Waals surface area contributed by atoms with Gasteiger partial charge in [0.25, 0.3) is 0 Å². The Labute approximate surface area is 212 Å². The number of aliphatic hydroxyl groups excluding tert-OH is 3. The molecular weight excluding hydrogens is 484 g/mol. The Morgan fingerprint density at radius 3 is 2.08 bits per heavy atom. The molecule has 10 nitrogen and oxygen atoms in total. The van der Waals surface area contributed by atoms with Crippen molar-refractivity contribution in [3.8, 4) is 11.5 Å². The summed E-state index contributed by atoms with van der Waals surface area (Å²) in [6.07, 6.45) is -7.49. The summed E-state index contributed by atoms with van der Waals surface area (Å²) in [7, 11) is 0. The lowest BCUT2D eigenvalue weighted by Crippen LogP contribution is -2.61. The van der Waals surface area contributed by atoms with Gasteiger partial charge in [0.2, 0.25) is 6.29 Å². The minimum Gasteiger partial charge on any atom is -0.508 e. The van der Waals surface area contributed by atoms with Gasteiger partial charge < -0.3 is 39.4 Å². The van der Waals surface area contributed by atoms with E-state index in [1.807, 2.05) is 0 Å². The Morgan fingerprint density at radius 2 is 1.46 bits per heavy atom. The molecule has 0 radical (unpaired) electrons. The van der Waals surface area contributed by atoms with Gasteiger partial charge in [-0.3, -0.25) is 0 Å². The molecule has 0 unspecified atom stereocenters. The zero-order chi connectivity index (χ0) is 26.4. The van der Waals surface area contributed by atoms with Crippen molar-refractivity contribution in [3.05, 3.63) is 95.6 Å². The summed E-state index contributed by atoms with van der Waals surface area (Å²) >= 11 is 0. The van der Waals surface area contributed by atoms with Crippen molar-refractivity contribution in [2.24, 2.45) is 0 Å². The van der Waals surface area contributed by atoms with Crippen molar-refractivity contribution in [2.75, 3.05) is 6.61 Å². The van der Waals surface area contributed by atoms with Crippen LogP contribution in [0.25, 0.3) is 0 Å². The van der Waals surface area contributed by atoms with Crippen molar-refractivity contribution in [1.82, 2.24) is 0 Å². The SMILES string of the molecule is O=C(OC[C@@H]1O[C@H](Oc2ccc(O)cc2CO)[C@@H](O)[C@H](O)[C@H]1OC(=O)c1ccccc1)c1ccccc1. The molecule has 37 heavy (non-hydrogen) atoms. The van der Waals surface area contributed by atoms with Crippen molar-refractivity contribution in [1.29, 1.82) is 0 Å². The predicted molar refractivity (Wildman–Crippen MR) is 128 cm³/mol. The highest BCUT2D eigenvalue weighted by molar-refractivity contribution is 5.90. The minimum absolute atomic E-state index is 0.0799. The van der Waals surface area contributed by atoms with Gasteiger partial charge in [-0.25, -0.2) is 9.59 Å². The quantitative estimate of drug-likeness (QED) is 0.330. The predicted octanol–water partition coefficient (Wildman–Crippen LogP) is 1.79. The first-order valence-corrected chi connectivity index (χ1v) is 11.5. The number of rotatable bonds is 8. The molecule has 0 aromatic heterocycles. The van der Waals surface area contributed by atoms with Crippen LogP contribution in [0.3, 0.4) is 0 Å². The first kappa shape index (κ1) is 26.1. The molecule has 3 aromatic rings. The second-order valence-corrected chi connectivity index (χ2v) is 8.29. The highest BCUT2D eigenvalue weighted by Gasteiger charge is 2.48. The number of benzene rings is 3. The Morgan fingerprint density at radius 1 is 0.838 bits per heavy atom. The lowest BCUT2D eigenvalue weighted by atomic mass is 9.98. The number of carbonyl (C=O) groups excluding carboxylic acids is 2. The molecular formula is C27H26O10. The molecule has 0 aliphatic carbocycles. The summed E-state index contributed by atoms with van der Waals surface area (Å²) in [5.41, 5.74) is 0.690. The summed E-state index contributed by atoms with van der Waals surface area (Å²) in [6, 6.07) is 20.2. The van der Waals surface area contributed by atoms with E-state index < -0.39 is 55.9 Å². The standard InChI is InChI=1S/C27H26O10/c28-14-18-13-19(29)11-12-20(18)35-27-23(31)22(30)24(37-26(33)17-9-5-2-6-10-17)21(36-27)15-34-25(32)16-7-3-1-4-8-16/h1-13,21-24,27-31H,14-15H2/t21-,22-,23-,24-,27-/m0/s1. The van der Waals surface area contributed by atoms with Crippen LogP contribution in [0.1, 0.15) is 26.3 Å². The second-order valence-electron chi connectivity index (χ2n) is 8.29. The third-order valence-corrected chi connectivity index (χ3v) is 5.74. The molecule has 4 N–H and O–H groups in total. The summed E-state index contributed by atoms with van der Waals surface area (Å²) in [4.78, 5) is 25.2. The second kappa shape index (κ2) is 11.8. The summed E-state index contributed by atoms with van der Waals surface area (Å²) in [6.45, 7) is -0.920. The van der Waals surface area contributed by atoms with Crippen molar-refractivity contribution in [2.45, 2.75) is 37.3 Å². The highest BCUT2D eigenvalue weighted by atomic mass is 16.7. The molecule has 194 valence electrons. The average molecular weight is 510 g/mol. The number of esters is 2. The molecule has 1 heterocycles. The summed E-state index contributed by atoms with van der Waals surface area (Å²) in [5.74, 6) is -1.48. The van der Waals surface area contributed by atoms with Crippen molar-refractivity contribution >= 4 is 11.9 Å². The van der Waals surface area contributed by atoms with Crippen LogP contribution in [0.15, 0.2) is 78.9 Å². The smallest absolute Gasteiger partial charge is 0.338 e. The zero-order valence-electron chi connectivity index (χ0n) is 19.5. The van der Waals surface area contributed by atoms with E-state index in [-0.39, 0.29) is 28.2 Å². The maximum Gasteiger partial charge on any atom is 0.338 e. The third kappa shape index (κ3) is 6.25. The van der Waals surface area contributed by atoms with Gasteiger partial charge >= 0.3 is 11.9 Å². The number of aromatic hydroxyl groups is 1. The fourth-order valence-electron chi connectivity index (χ4n) is 3.79. The van der Waals surface area contributed by atoms with Crippen LogP contribution in [0.5, 0.6) is 11.5 Å². The molecule has 0 saturated carbocycles. The van der Waals surface area contributed by atoms with E-state index in [0.29, 0.717) is 0 Å². The third-order valence-electron chi connectivity index (χ3n) is 5.74. The average Bonchev–Trinajstić information content (AvgIpc) is 2.93. The molecule has 10 heteroatoms. The van der Waals surface area contributed by atoms with Gasteiger partial charge in [0.15, 0.2) is 6.10 Å². The van der Waals surface area contributed by atoms with E-state index >= 15 is 0 Å². The first-order valence-electron chi connectivity index (χ1n) is 11.5. The largest absolute Gasteiger partial charge is 0.508 e. The number of phenolic OH excluding ortho intramolecular Hbond substituents is 1. The number of hydrogen-bond acceptors (Lipinski definition) is 10. The molecule has 1 aliphatic heterocycles. The van der Waals surface area contributed by atoms with E-state index in [2.05, 4.69) is 0 Å². The van der Waals surface area contributed by atoms with Gasteiger partial charge in [-0.15, -0.1) is 0 Å². The molecule has 4 rings (SSSR count). The van der Waals surface area contributed by atoms with Crippen LogP contribution in [0.4, 0.5) is 0 Å². The first-order chi connectivity index (χ1) is 17.9. The van der Waals surface area contributed by atoms with Crippen molar-refractivity contribution < 1.29 is 49.0 Å². The molecule has 1 fully saturated rings. The number of hydrogen-bond donors (Lipinski definition) is 4. The van der Waals surface area contributed by atoms with Crippen LogP contribution in [-0.4, -0.2) is 69.7 Å². The molecule has 1 saturated heterocycles. The fraction of sp³-hybridized carbons (Fsp3) is 0.259. The molecule has 0 amide bonds. The van der Waals surface area contributed by atoms with Gasteiger partial charge in [0, 0.05) is 5.56 Å². The summed E-state index contributed by atoms with van der Waals surface area (Å²) < 4.78 is 22.3. The van der Waals surface area contributed by atoms with E-state index in [1.54, 1.807) is 48.5 Å². The van der Waals surface area contributed by atoms with E-state index in [4.69, 9.17) is 18.9 Å². The topological polar surface area (TPSA) is 152 Å². The van der Waals surface area contributed by atoms with Crippen molar-refractivity contribution in [3.63, 3.8) is 0 Å². The highest BCUT2D eigenvalue weighted by Crippen LogP contribution is 2.30. The zero-order valence-corrected chi connectivity index (χ0v) is 19.5. The summed E-state index contributed by atoms with van der Waals surface area (Å²) in [5, 5.41) is 40.9. The molecule has 0 spiro atoms. The maximum atomic E-state index is 12.7. The lowest BCUT2D eigenvalue weighted by Gasteiger charge is -2.41. The van der Waals surface area contributed by atoms with Gasteiger partial charge in [0.1, 0.15) is 36.4 Å². The Kier molecular flexibility index (Phi) is 8.36. The fourth-order valence-corrected chi connectivity index (χ4v) is 3.79. The van der Waals surface area contributed by atoms with Gasteiger partial charge in [-0.1, -0.05) is 36.4 Å². The normalized spacial score (nSPS) is 23.2. The van der Waals surface area contributed by atoms with Crippen LogP contribution >= 0.6 is 0 Å². The Balaban J connectivity index is 1.55. The number of carbonyl (C=O) groups is 2. The van der Waals surface area contributed by atoms with E-state index in [1.165, 1.54) is 30.3 Å². The number of aliphatic hydroxyl groups is 3. The Hall–Kier alpha value is -3.96. The number of phenols is 1. The maximum absolute atomic E-state index is 12.7. The minimum atomic E-state index is -1.69. The van der Waals surface area contributed by atoms with Gasteiger partial charge in [0.05, 0.1) is 17.7 Å². The molecule has 1 aliphatic rings. The van der Waals surface area contributed by atoms with Gasteiger partial charge in [-0.05, 0) is 42.5 Å². The molecule has 0 bridgehead atoms. The monoisotopic (exact) mass is 510 g/mol.